The van der Waals surface area contributed by atoms with Crippen LogP contribution in [0.1, 0.15) is 76.8 Å². The highest BCUT2D eigenvalue weighted by Gasteiger charge is 2.45. The molecular formula is C26H35FN2O2. The Morgan fingerprint density at radius 1 is 1.03 bits per heavy atom. The van der Waals surface area contributed by atoms with Crippen molar-refractivity contribution >= 4 is 11.8 Å². The van der Waals surface area contributed by atoms with Gasteiger partial charge in [0.1, 0.15) is 18.4 Å². The maximum atomic E-state index is 13.8. The fourth-order valence-corrected chi connectivity index (χ4v) is 5.64. The molecule has 5 heteroatoms. The summed E-state index contributed by atoms with van der Waals surface area (Å²) in [6.07, 6.45) is 11.0. The van der Waals surface area contributed by atoms with Gasteiger partial charge in [0.2, 0.25) is 5.91 Å². The van der Waals surface area contributed by atoms with Crippen LogP contribution in [0.4, 0.5) is 4.39 Å². The third-order valence-electron chi connectivity index (χ3n) is 7.76. The number of hydrogen-bond donors (Lipinski definition) is 0. The highest BCUT2D eigenvalue weighted by atomic mass is 19.1. The minimum Gasteiger partial charge on any atom is -0.328 e. The van der Waals surface area contributed by atoms with Crippen molar-refractivity contribution < 1.29 is 14.0 Å². The molecule has 0 spiro atoms. The first-order chi connectivity index (χ1) is 15.0. The van der Waals surface area contributed by atoms with Gasteiger partial charge in [0.05, 0.1) is 0 Å². The fourth-order valence-electron chi connectivity index (χ4n) is 5.64. The van der Waals surface area contributed by atoms with Crippen molar-refractivity contribution in [3.05, 3.63) is 47.3 Å². The summed E-state index contributed by atoms with van der Waals surface area (Å²) in [5.74, 6) is 0.592. The molecule has 1 aromatic carbocycles. The van der Waals surface area contributed by atoms with Gasteiger partial charge in [-0.15, -0.1) is 0 Å². The zero-order valence-electron chi connectivity index (χ0n) is 18.9. The predicted molar refractivity (Wildman–Crippen MR) is 120 cm³/mol. The number of nitrogens with zero attached hydrogens (tertiary/aromatic N) is 2. The lowest BCUT2D eigenvalue weighted by Crippen LogP contribution is -2.60. The monoisotopic (exact) mass is 426 g/mol. The Hall–Kier alpha value is -2.17. The molecule has 168 valence electrons. The molecule has 0 aromatic heterocycles. The van der Waals surface area contributed by atoms with Gasteiger partial charge in [0.25, 0.3) is 5.91 Å². The lowest BCUT2D eigenvalue weighted by Gasteiger charge is -2.47. The van der Waals surface area contributed by atoms with Gasteiger partial charge in [-0.05, 0) is 68.1 Å². The van der Waals surface area contributed by atoms with Crippen LogP contribution in [-0.4, -0.2) is 40.7 Å². The second kappa shape index (κ2) is 9.54. The Kier molecular flexibility index (Phi) is 6.78. The van der Waals surface area contributed by atoms with E-state index in [1.165, 1.54) is 37.0 Å². The molecule has 4 nitrogen and oxygen atoms in total. The first-order valence-corrected chi connectivity index (χ1v) is 12.0. The number of halogens is 1. The molecule has 2 fully saturated rings. The number of amides is 2. The van der Waals surface area contributed by atoms with E-state index in [0.717, 1.165) is 32.1 Å². The minimum absolute atomic E-state index is 0.00483. The number of carbonyl (C=O) groups is 2. The van der Waals surface area contributed by atoms with Gasteiger partial charge in [-0.25, -0.2) is 4.39 Å². The van der Waals surface area contributed by atoms with Crippen molar-refractivity contribution in [1.82, 2.24) is 9.80 Å². The van der Waals surface area contributed by atoms with E-state index in [9.17, 15) is 14.0 Å². The Bertz CT molecular complexity index is 834. The number of hydrogen-bond acceptors (Lipinski definition) is 2. The molecule has 0 N–H and O–H groups in total. The summed E-state index contributed by atoms with van der Waals surface area (Å²) < 4.78 is 13.6. The maximum Gasteiger partial charge on any atom is 0.250 e. The second-order valence-corrected chi connectivity index (χ2v) is 9.70. The van der Waals surface area contributed by atoms with Crippen molar-refractivity contribution in [3.63, 3.8) is 0 Å². The highest BCUT2D eigenvalue weighted by molar-refractivity contribution is 5.95. The summed E-state index contributed by atoms with van der Waals surface area (Å²) in [5.41, 5.74) is 2.10. The van der Waals surface area contributed by atoms with Crippen LogP contribution >= 0.6 is 0 Å². The highest BCUT2D eigenvalue weighted by Crippen LogP contribution is 2.37. The van der Waals surface area contributed by atoms with Crippen LogP contribution in [0.3, 0.4) is 0 Å². The first kappa shape index (κ1) is 22.0. The molecule has 4 unspecified atom stereocenters. The molecule has 1 heterocycles. The number of allylic oxidation sites excluding steroid dienone is 1. The molecule has 2 amide bonds. The van der Waals surface area contributed by atoms with E-state index in [-0.39, 0.29) is 30.2 Å². The second-order valence-electron chi connectivity index (χ2n) is 9.70. The topological polar surface area (TPSA) is 40.6 Å². The lowest BCUT2D eigenvalue weighted by atomic mass is 9.76. The van der Waals surface area contributed by atoms with E-state index >= 15 is 0 Å². The van der Waals surface area contributed by atoms with Crippen molar-refractivity contribution in [2.75, 3.05) is 13.1 Å². The van der Waals surface area contributed by atoms with Crippen LogP contribution in [-0.2, 0) is 9.59 Å². The molecular weight excluding hydrogens is 391 g/mol. The van der Waals surface area contributed by atoms with Crippen molar-refractivity contribution in [3.8, 4) is 0 Å². The summed E-state index contributed by atoms with van der Waals surface area (Å²) in [4.78, 5) is 30.7. The molecule has 1 saturated heterocycles. The van der Waals surface area contributed by atoms with Gasteiger partial charge in [-0.3, -0.25) is 9.59 Å². The van der Waals surface area contributed by atoms with Gasteiger partial charge in [-0.1, -0.05) is 50.5 Å². The standard InChI is InChI=1S/C26H35FN2O2/c1-18-7-6-10-23(19(18)2)29-17-24(30)28(16-15-20-8-4-3-5-9-20)25(26(29)31)21-11-13-22(27)14-12-21/h8,11-14,18-19,23,25H,3-7,9-10,15-17H2,1-2H3. The fraction of sp³-hybridized carbons (Fsp3) is 0.615. The molecule has 2 aliphatic carbocycles. The zero-order chi connectivity index (χ0) is 22.0. The van der Waals surface area contributed by atoms with E-state index in [0.29, 0.717) is 23.9 Å². The summed E-state index contributed by atoms with van der Waals surface area (Å²) in [7, 11) is 0. The van der Waals surface area contributed by atoms with Crippen LogP contribution < -0.4 is 0 Å². The molecule has 3 aliphatic rings. The molecule has 4 rings (SSSR count). The third kappa shape index (κ3) is 4.70. The molecule has 1 saturated carbocycles. The smallest absolute Gasteiger partial charge is 0.250 e. The average molecular weight is 427 g/mol. The summed E-state index contributed by atoms with van der Waals surface area (Å²) >= 11 is 0. The quantitative estimate of drug-likeness (QED) is 0.603. The predicted octanol–water partition coefficient (Wildman–Crippen LogP) is 5.25. The van der Waals surface area contributed by atoms with Crippen molar-refractivity contribution in [2.24, 2.45) is 11.8 Å². The van der Waals surface area contributed by atoms with Crippen molar-refractivity contribution in [1.29, 1.82) is 0 Å². The van der Waals surface area contributed by atoms with Gasteiger partial charge >= 0.3 is 0 Å². The number of carbonyl (C=O) groups excluding carboxylic acids is 2. The van der Waals surface area contributed by atoms with Crippen LogP contribution in [0, 0.1) is 17.7 Å². The van der Waals surface area contributed by atoms with Crippen LogP contribution in [0.2, 0.25) is 0 Å². The van der Waals surface area contributed by atoms with Crippen molar-refractivity contribution in [2.45, 2.75) is 77.3 Å². The average Bonchev–Trinajstić information content (AvgIpc) is 2.77. The molecule has 1 aliphatic heterocycles. The summed E-state index contributed by atoms with van der Waals surface area (Å²) in [6.45, 7) is 5.16. The first-order valence-electron chi connectivity index (χ1n) is 12.0. The minimum atomic E-state index is -0.657. The van der Waals surface area contributed by atoms with E-state index in [4.69, 9.17) is 0 Å². The van der Waals surface area contributed by atoms with E-state index in [2.05, 4.69) is 19.9 Å². The van der Waals surface area contributed by atoms with Gasteiger partial charge in [0.15, 0.2) is 0 Å². The zero-order valence-corrected chi connectivity index (χ0v) is 18.9. The molecule has 1 aromatic rings. The van der Waals surface area contributed by atoms with Crippen LogP contribution in [0.25, 0.3) is 0 Å². The van der Waals surface area contributed by atoms with E-state index in [1.807, 2.05) is 4.90 Å². The number of benzene rings is 1. The van der Waals surface area contributed by atoms with Crippen LogP contribution in [0.15, 0.2) is 35.9 Å². The molecule has 31 heavy (non-hydrogen) atoms. The maximum absolute atomic E-state index is 13.8. The SMILES string of the molecule is CC1CCCC(N2CC(=O)N(CCC3=CCCCC3)C(c3ccc(F)cc3)C2=O)C1C. The summed E-state index contributed by atoms with van der Waals surface area (Å²) in [5, 5.41) is 0. The Labute approximate surface area is 185 Å². The van der Waals surface area contributed by atoms with E-state index < -0.39 is 6.04 Å². The Morgan fingerprint density at radius 2 is 1.81 bits per heavy atom. The lowest BCUT2D eigenvalue weighted by molar-refractivity contribution is -0.160. The number of rotatable bonds is 5. The van der Waals surface area contributed by atoms with Gasteiger partial charge in [-0.2, -0.15) is 0 Å². The largest absolute Gasteiger partial charge is 0.328 e. The Morgan fingerprint density at radius 3 is 2.52 bits per heavy atom. The normalized spacial score (nSPS) is 29.8. The third-order valence-corrected chi connectivity index (χ3v) is 7.76. The number of piperazine rings is 1. The molecule has 0 radical (unpaired) electrons. The van der Waals surface area contributed by atoms with E-state index in [1.54, 1.807) is 17.0 Å². The van der Waals surface area contributed by atoms with Crippen LogP contribution in [0.5, 0.6) is 0 Å². The van der Waals surface area contributed by atoms with Gasteiger partial charge in [0, 0.05) is 12.6 Å². The molecule has 4 atom stereocenters. The summed E-state index contributed by atoms with van der Waals surface area (Å²) in [6, 6.07) is 5.54. The molecule has 0 bridgehead atoms. The van der Waals surface area contributed by atoms with Gasteiger partial charge < -0.3 is 9.80 Å². The Balaban J connectivity index is 1.60.